The number of benzene rings is 2. The second kappa shape index (κ2) is 5.92. The molecule has 0 aliphatic rings. The lowest BCUT2D eigenvalue weighted by molar-refractivity contribution is 0.306. The molecule has 0 unspecified atom stereocenters. The third kappa shape index (κ3) is 3.26. The minimum Gasteiger partial charge on any atom is -0.495 e. The number of ether oxygens (including phenoxy) is 2. The third-order valence-electron chi connectivity index (χ3n) is 2.81. The van der Waals surface area contributed by atoms with E-state index >= 15 is 0 Å². The van der Waals surface area contributed by atoms with Crippen LogP contribution in [0, 0.1) is 18.3 Å². The SMILES string of the molecule is COc1ccc(COc2ccc(C)cc2)cc1C#N. The molecular weight excluding hydrogens is 238 g/mol. The molecule has 0 aromatic heterocycles. The quantitative estimate of drug-likeness (QED) is 0.838. The molecule has 3 heteroatoms. The molecule has 96 valence electrons. The minimum atomic E-state index is 0.432. The van der Waals surface area contributed by atoms with Gasteiger partial charge < -0.3 is 9.47 Å². The molecule has 0 bridgehead atoms. The van der Waals surface area contributed by atoms with Gasteiger partial charge in [-0.3, -0.25) is 0 Å². The van der Waals surface area contributed by atoms with Crippen molar-refractivity contribution in [3.8, 4) is 17.6 Å². The predicted octanol–water partition coefficient (Wildman–Crippen LogP) is 3.45. The Kier molecular flexibility index (Phi) is 4.04. The molecule has 0 N–H and O–H groups in total. The topological polar surface area (TPSA) is 42.2 Å². The van der Waals surface area contributed by atoms with Crippen molar-refractivity contribution in [3.63, 3.8) is 0 Å². The molecule has 2 aromatic rings. The van der Waals surface area contributed by atoms with E-state index < -0.39 is 0 Å². The first-order chi connectivity index (χ1) is 9.22. The summed E-state index contributed by atoms with van der Waals surface area (Å²) in [5.41, 5.74) is 2.66. The Morgan fingerprint density at radius 3 is 2.47 bits per heavy atom. The van der Waals surface area contributed by atoms with Crippen molar-refractivity contribution in [3.05, 3.63) is 59.2 Å². The number of nitriles is 1. The summed E-state index contributed by atoms with van der Waals surface area (Å²) in [6.45, 7) is 2.47. The fraction of sp³-hybridized carbons (Fsp3) is 0.188. The van der Waals surface area contributed by atoms with Gasteiger partial charge in [-0.15, -0.1) is 0 Å². The summed E-state index contributed by atoms with van der Waals surface area (Å²) in [6, 6.07) is 15.5. The van der Waals surface area contributed by atoms with E-state index in [1.54, 1.807) is 19.2 Å². The number of aryl methyl sites for hydroxylation is 1. The van der Waals surface area contributed by atoms with Gasteiger partial charge in [0.15, 0.2) is 0 Å². The smallest absolute Gasteiger partial charge is 0.136 e. The number of rotatable bonds is 4. The van der Waals surface area contributed by atoms with Crippen LogP contribution in [0.1, 0.15) is 16.7 Å². The van der Waals surface area contributed by atoms with Crippen molar-refractivity contribution in [2.45, 2.75) is 13.5 Å². The summed E-state index contributed by atoms with van der Waals surface area (Å²) < 4.78 is 10.8. The highest BCUT2D eigenvalue weighted by Gasteiger charge is 2.04. The maximum absolute atomic E-state index is 9.02. The lowest BCUT2D eigenvalue weighted by atomic mass is 10.1. The molecular formula is C16H15NO2. The van der Waals surface area contributed by atoms with Gasteiger partial charge in [0.2, 0.25) is 0 Å². The lowest BCUT2D eigenvalue weighted by Crippen LogP contribution is -1.97. The lowest BCUT2D eigenvalue weighted by Gasteiger charge is -2.08. The predicted molar refractivity (Wildman–Crippen MR) is 73.2 cm³/mol. The summed E-state index contributed by atoms with van der Waals surface area (Å²) in [6.07, 6.45) is 0. The van der Waals surface area contributed by atoms with E-state index in [1.165, 1.54) is 5.56 Å². The van der Waals surface area contributed by atoms with Crippen molar-refractivity contribution in [1.29, 1.82) is 5.26 Å². The van der Waals surface area contributed by atoms with Gasteiger partial charge in [0.25, 0.3) is 0 Å². The second-order valence-electron chi connectivity index (χ2n) is 4.25. The minimum absolute atomic E-state index is 0.432. The molecule has 0 amide bonds. The van der Waals surface area contributed by atoms with Crippen molar-refractivity contribution in [1.82, 2.24) is 0 Å². The average Bonchev–Trinajstić information content (AvgIpc) is 2.46. The Morgan fingerprint density at radius 2 is 1.84 bits per heavy atom. The Labute approximate surface area is 113 Å². The molecule has 2 rings (SSSR count). The van der Waals surface area contributed by atoms with Gasteiger partial charge in [-0.05, 0) is 36.8 Å². The van der Waals surface area contributed by atoms with Gasteiger partial charge in [0.1, 0.15) is 24.2 Å². The van der Waals surface area contributed by atoms with E-state index in [-0.39, 0.29) is 0 Å². The van der Waals surface area contributed by atoms with Crippen molar-refractivity contribution >= 4 is 0 Å². The highest BCUT2D eigenvalue weighted by molar-refractivity contribution is 5.45. The highest BCUT2D eigenvalue weighted by Crippen LogP contribution is 2.20. The average molecular weight is 253 g/mol. The van der Waals surface area contributed by atoms with Crippen LogP contribution in [-0.2, 0) is 6.61 Å². The maximum atomic E-state index is 9.02. The highest BCUT2D eigenvalue weighted by atomic mass is 16.5. The fourth-order valence-corrected chi connectivity index (χ4v) is 1.73. The van der Waals surface area contributed by atoms with Crippen LogP contribution < -0.4 is 9.47 Å². The van der Waals surface area contributed by atoms with Gasteiger partial charge >= 0.3 is 0 Å². The van der Waals surface area contributed by atoms with Crippen LogP contribution in [0.15, 0.2) is 42.5 Å². The van der Waals surface area contributed by atoms with E-state index in [4.69, 9.17) is 14.7 Å². The van der Waals surface area contributed by atoms with Crippen molar-refractivity contribution < 1.29 is 9.47 Å². The van der Waals surface area contributed by atoms with Crippen molar-refractivity contribution in [2.75, 3.05) is 7.11 Å². The van der Waals surface area contributed by atoms with Gasteiger partial charge in [0.05, 0.1) is 12.7 Å². The van der Waals surface area contributed by atoms with E-state index in [1.807, 2.05) is 37.3 Å². The zero-order chi connectivity index (χ0) is 13.7. The molecule has 0 heterocycles. The Hall–Kier alpha value is -2.47. The summed E-state index contributed by atoms with van der Waals surface area (Å²) >= 11 is 0. The van der Waals surface area contributed by atoms with Crippen LogP contribution in [0.3, 0.4) is 0 Å². The Balaban J connectivity index is 2.08. The molecule has 3 nitrogen and oxygen atoms in total. The molecule has 0 aliphatic carbocycles. The number of hydrogen-bond acceptors (Lipinski definition) is 3. The molecule has 2 aromatic carbocycles. The van der Waals surface area contributed by atoms with E-state index in [9.17, 15) is 0 Å². The zero-order valence-electron chi connectivity index (χ0n) is 11.0. The molecule has 0 atom stereocenters. The summed E-state index contributed by atoms with van der Waals surface area (Å²) in [5, 5.41) is 9.02. The molecule has 0 radical (unpaired) electrons. The van der Waals surface area contributed by atoms with Crippen LogP contribution >= 0.6 is 0 Å². The second-order valence-corrected chi connectivity index (χ2v) is 4.25. The first-order valence-corrected chi connectivity index (χ1v) is 5.99. The first-order valence-electron chi connectivity index (χ1n) is 5.99. The van der Waals surface area contributed by atoms with E-state index in [2.05, 4.69) is 6.07 Å². The largest absolute Gasteiger partial charge is 0.495 e. The number of methoxy groups -OCH3 is 1. The maximum Gasteiger partial charge on any atom is 0.136 e. The fourth-order valence-electron chi connectivity index (χ4n) is 1.73. The van der Waals surface area contributed by atoms with Crippen LogP contribution in [0.4, 0.5) is 0 Å². The molecule has 0 fully saturated rings. The Morgan fingerprint density at radius 1 is 1.11 bits per heavy atom. The van der Waals surface area contributed by atoms with Crippen molar-refractivity contribution in [2.24, 2.45) is 0 Å². The van der Waals surface area contributed by atoms with Crippen LogP contribution in [0.2, 0.25) is 0 Å². The van der Waals surface area contributed by atoms with Gasteiger partial charge in [-0.25, -0.2) is 0 Å². The van der Waals surface area contributed by atoms with Gasteiger partial charge in [0, 0.05) is 0 Å². The Bertz CT molecular complexity index is 597. The summed E-state index contributed by atoms with van der Waals surface area (Å²) in [4.78, 5) is 0. The number of hydrogen-bond donors (Lipinski definition) is 0. The molecule has 0 saturated heterocycles. The normalized spacial score (nSPS) is 9.74. The van der Waals surface area contributed by atoms with E-state index in [0.717, 1.165) is 11.3 Å². The monoisotopic (exact) mass is 253 g/mol. The molecule has 19 heavy (non-hydrogen) atoms. The summed E-state index contributed by atoms with van der Waals surface area (Å²) in [7, 11) is 1.55. The van der Waals surface area contributed by atoms with Crippen LogP contribution in [0.5, 0.6) is 11.5 Å². The van der Waals surface area contributed by atoms with Crippen LogP contribution in [-0.4, -0.2) is 7.11 Å². The molecule has 0 spiro atoms. The molecule has 0 saturated carbocycles. The molecule has 0 aliphatic heterocycles. The van der Waals surface area contributed by atoms with Gasteiger partial charge in [-0.2, -0.15) is 5.26 Å². The standard InChI is InChI=1S/C16H15NO2/c1-12-3-6-15(7-4-12)19-11-13-5-8-16(18-2)14(9-13)10-17/h3-9H,11H2,1-2H3. The summed E-state index contributed by atoms with van der Waals surface area (Å²) in [5.74, 6) is 1.40. The third-order valence-corrected chi connectivity index (χ3v) is 2.81. The van der Waals surface area contributed by atoms with Gasteiger partial charge in [-0.1, -0.05) is 23.8 Å². The zero-order valence-corrected chi connectivity index (χ0v) is 11.0. The number of nitrogens with zero attached hydrogens (tertiary/aromatic N) is 1. The van der Waals surface area contributed by atoms with Crippen LogP contribution in [0.25, 0.3) is 0 Å². The first kappa shape index (κ1) is 13.0. The van der Waals surface area contributed by atoms with E-state index in [0.29, 0.717) is 17.9 Å².